The van der Waals surface area contributed by atoms with Gasteiger partial charge in [-0.2, -0.15) is 0 Å². The van der Waals surface area contributed by atoms with Gasteiger partial charge in [0.2, 0.25) is 0 Å². The third kappa shape index (κ3) is 4.21. The van der Waals surface area contributed by atoms with Crippen LogP contribution in [0.4, 0.5) is 0 Å². The molecular weight excluding hydrogens is 316 g/mol. The van der Waals surface area contributed by atoms with E-state index >= 15 is 0 Å². The van der Waals surface area contributed by atoms with E-state index in [4.69, 9.17) is 4.74 Å². The van der Waals surface area contributed by atoms with E-state index in [9.17, 15) is 0 Å². The van der Waals surface area contributed by atoms with Crippen LogP contribution in [0, 0.1) is 0 Å². The van der Waals surface area contributed by atoms with Gasteiger partial charge in [0.15, 0.2) is 0 Å². The molecule has 0 bridgehead atoms. The van der Waals surface area contributed by atoms with Crippen LogP contribution in [-0.2, 0) is 12.8 Å². The zero-order valence-electron chi connectivity index (χ0n) is 12.1. The number of halogens is 1. The zero-order chi connectivity index (χ0) is 13.9. The molecule has 3 heteroatoms. The van der Waals surface area contributed by atoms with Crippen LogP contribution < -0.4 is 4.74 Å². The molecule has 0 radical (unpaired) electrons. The van der Waals surface area contributed by atoms with Gasteiger partial charge >= 0.3 is 0 Å². The van der Waals surface area contributed by atoms with Crippen molar-refractivity contribution in [2.45, 2.75) is 45.3 Å². The van der Waals surface area contributed by atoms with E-state index in [1.165, 1.54) is 41.3 Å². The van der Waals surface area contributed by atoms with Crippen molar-refractivity contribution in [1.82, 2.24) is 0 Å². The summed E-state index contributed by atoms with van der Waals surface area (Å²) in [5, 5.41) is 0. The van der Waals surface area contributed by atoms with Crippen LogP contribution in [0.15, 0.2) is 28.4 Å². The summed E-state index contributed by atoms with van der Waals surface area (Å²) in [6.45, 7) is 7.66. The normalized spacial score (nSPS) is 15.6. The zero-order valence-corrected chi connectivity index (χ0v) is 14.7. The van der Waals surface area contributed by atoms with Crippen molar-refractivity contribution >= 4 is 24.0 Å². The number of hydrogen-bond donors (Lipinski definition) is 0. The van der Waals surface area contributed by atoms with Crippen LogP contribution >= 0.6 is 15.9 Å². The fourth-order valence-corrected chi connectivity index (χ4v) is 3.92. The van der Waals surface area contributed by atoms with E-state index in [1.807, 2.05) is 0 Å². The van der Waals surface area contributed by atoms with Crippen LogP contribution in [0.25, 0.3) is 0 Å². The van der Waals surface area contributed by atoms with Crippen LogP contribution in [0.2, 0.25) is 19.6 Å². The smallest absolute Gasteiger partial charge is 0.134 e. The van der Waals surface area contributed by atoms with Crippen LogP contribution in [0.3, 0.4) is 0 Å². The first-order valence-electron chi connectivity index (χ1n) is 7.08. The Bertz CT molecular complexity index is 474. The molecule has 0 saturated heterocycles. The molecule has 1 aromatic carbocycles. The lowest BCUT2D eigenvalue weighted by Crippen LogP contribution is -2.16. The highest BCUT2D eigenvalue weighted by molar-refractivity contribution is 9.10. The van der Waals surface area contributed by atoms with E-state index < -0.39 is 8.07 Å². The highest BCUT2D eigenvalue weighted by Crippen LogP contribution is 2.35. The van der Waals surface area contributed by atoms with Gasteiger partial charge < -0.3 is 4.74 Å². The SMILES string of the molecule is C[Si](C)(C)/C=C/COc1ccc2c(c1Br)CCCC2. The Morgan fingerprint density at radius 2 is 1.95 bits per heavy atom. The van der Waals surface area contributed by atoms with E-state index in [0.717, 1.165) is 5.75 Å². The second-order valence-electron chi connectivity index (χ2n) is 6.30. The van der Waals surface area contributed by atoms with Gasteiger partial charge in [-0.1, -0.05) is 37.5 Å². The predicted molar refractivity (Wildman–Crippen MR) is 88.8 cm³/mol. The summed E-state index contributed by atoms with van der Waals surface area (Å²) in [6.07, 6.45) is 7.17. The van der Waals surface area contributed by atoms with Crippen molar-refractivity contribution in [3.8, 4) is 5.75 Å². The molecule has 19 heavy (non-hydrogen) atoms. The lowest BCUT2D eigenvalue weighted by Gasteiger charge is -2.19. The number of rotatable bonds is 4. The minimum Gasteiger partial charge on any atom is -0.488 e. The van der Waals surface area contributed by atoms with Gasteiger partial charge in [-0.05, 0) is 58.8 Å². The first-order chi connectivity index (χ1) is 8.97. The second kappa shape index (κ2) is 6.27. The molecule has 0 atom stereocenters. The third-order valence-electron chi connectivity index (χ3n) is 3.38. The largest absolute Gasteiger partial charge is 0.488 e. The molecule has 1 aromatic rings. The third-order valence-corrected chi connectivity index (χ3v) is 5.49. The molecule has 0 heterocycles. The van der Waals surface area contributed by atoms with E-state index in [2.05, 4.69) is 59.5 Å². The molecule has 104 valence electrons. The number of aryl methyl sites for hydroxylation is 1. The van der Waals surface area contributed by atoms with Gasteiger partial charge in [-0.3, -0.25) is 0 Å². The summed E-state index contributed by atoms with van der Waals surface area (Å²) in [6, 6.07) is 4.34. The van der Waals surface area contributed by atoms with E-state index in [-0.39, 0.29) is 0 Å². The summed E-state index contributed by atoms with van der Waals surface area (Å²) in [4.78, 5) is 0. The van der Waals surface area contributed by atoms with E-state index in [0.29, 0.717) is 6.61 Å². The Morgan fingerprint density at radius 3 is 2.68 bits per heavy atom. The highest BCUT2D eigenvalue weighted by atomic mass is 79.9. The summed E-state index contributed by atoms with van der Waals surface area (Å²) < 4.78 is 7.06. The average molecular weight is 339 g/mol. The van der Waals surface area contributed by atoms with Crippen molar-refractivity contribution in [2.24, 2.45) is 0 Å². The molecule has 0 aliphatic heterocycles. The summed E-state index contributed by atoms with van der Waals surface area (Å²) in [7, 11) is -1.10. The lowest BCUT2D eigenvalue weighted by molar-refractivity contribution is 0.359. The number of benzene rings is 1. The van der Waals surface area contributed by atoms with Gasteiger partial charge in [-0.25, -0.2) is 0 Å². The maximum absolute atomic E-state index is 5.89. The first-order valence-corrected chi connectivity index (χ1v) is 11.5. The predicted octanol–water partition coefficient (Wildman–Crippen LogP) is 5.14. The van der Waals surface area contributed by atoms with Crippen molar-refractivity contribution < 1.29 is 4.74 Å². The molecule has 1 aliphatic rings. The number of hydrogen-bond acceptors (Lipinski definition) is 1. The quantitative estimate of drug-likeness (QED) is 0.690. The average Bonchev–Trinajstić information content (AvgIpc) is 2.36. The van der Waals surface area contributed by atoms with Crippen molar-refractivity contribution in [3.63, 3.8) is 0 Å². The van der Waals surface area contributed by atoms with Gasteiger partial charge in [-0.15, -0.1) is 0 Å². The van der Waals surface area contributed by atoms with Gasteiger partial charge in [0, 0.05) is 0 Å². The Hall–Kier alpha value is -0.543. The summed E-state index contributed by atoms with van der Waals surface area (Å²) >= 11 is 3.72. The lowest BCUT2D eigenvalue weighted by atomic mass is 9.92. The molecule has 0 N–H and O–H groups in total. The van der Waals surface area contributed by atoms with Gasteiger partial charge in [0.25, 0.3) is 0 Å². The molecule has 0 aromatic heterocycles. The molecule has 0 fully saturated rings. The molecule has 0 unspecified atom stereocenters. The molecule has 1 nitrogen and oxygen atoms in total. The maximum atomic E-state index is 5.89. The maximum Gasteiger partial charge on any atom is 0.134 e. The Labute approximate surface area is 126 Å². The van der Waals surface area contributed by atoms with Gasteiger partial charge in [0.05, 0.1) is 12.5 Å². The fraction of sp³-hybridized carbons (Fsp3) is 0.500. The van der Waals surface area contributed by atoms with Crippen LogP contribution in [0.5, 0.6) is 5.75 Å². The molecule has 0 spiro atoms. The Morgan fingerprint density at radius 1 is 1.21 bits per heavy atom. The summed E-state index contributed by atoms with van der Waals surface area (Å²) in [5.41, 5.74) is 5.28. The second-order valence-corrected chi connectivity index (χ2v) is 12.2. The minimum absolute atomic E-state index is 0.668. The Balaban J connectivity index is 2.03. The highest BCUT2D eigenvalue weighted by Gasteiger charge is 2.15. The molecule has 2 rings (SSSR count). The monoisotopic (exact) mass is 338 g/mol. The fourth-order valence-electron chi connectivity index (χ4n) is 2.41. The molecule has 0 saturated carbocycles. The van der Waals surface area contributed by atoms with Crippen LogP contribution in [-0.4, -0.2) is 14.7 Å². The standard InChI is InChI=1S/C16H23BrOSi/c1-19(2,3)12-6-11-18-15-10-9-13-7-4-5-8-14(13)16(15)17/h6,9-10,12H,4-5,7-8,11H2,1-3H3/b12-6+. The molecule has 0 amide bonds. The van der Waals surface area contributed by atoms with Gasteiger partial charge in [0.1, 0.15) is 12.4 Å². The van der Waals surface area contributed by atoms with E-state index in [1.54, 1.807) is 0 Å². The van der Waals surface area contributed by atoms with Crippen molar-refractivity contribution in [2.75, 3.05) is 6.61 Å². The van der Waals surface area contributed by atoms with Crippen LogP contribution in [0.1, 0.15) is 24.0 Å². The van der Waals surface area contributed by atoms with Crippen molar-refractivity contribution in [3.05, 3.63) is 39.5 Å². The van der Waals surface area contributed by atoms with Crippen molar-refractivity contribution in [1.29, 1.82) is 0 Å². The molecular formula is C16H23BrOSi. The minimum atomic E-state index is -1.10. The Kier molecular flexibility index (Phi) is 4.90. The topological polar surface area (TPSA) is 9.23 Å². The number of ether oxygens (including phenoxy) is 1. The number of fused-ring (bicyclic) bond motifs is 1. The molecule has 1 aliphatic carbocycles. The first kappa shape index (κ1) is 14.9. The summed E-state index contributed by atoms with van der Waals surface area (Å²) in [5.74, 6) is 0.987.